The maximum atomic E-state index is 5.66. The molecule has 2 aromatic rings. The van der Waals surface area contributed by atoms with E-state index >= 15 is 0 Å². The fraction of sp³-hybridized carbons (Fsp3) is 0.333. The van der Waals surface area contributed by atoms with E-state index in [-0.39, 0.29) is 0 Å². The van der Waals surface area contributed by atoms with Crippen LogP contribution in [0.3, 0.4) is 0 Å². The second-order valence-electron chi connectivity index (χ2n) is 4.73. The molecule has 1 saturated heterocycles. The average molecular weight is 323 g/mol. The van der Waals surface area contributed by atoms with Crippen molar-refractivity contribution in [1.82, 2.24) is 4.31 Å². The van der Waals surface area contributed by atoms with Gasteiger partial charge in [0.15, 0.2) is 0 Å². The number of benzene rings is 1. The van der Waals surface area contributed by atoms with Gasteiger partial charge < -0.3 is 5.73 Å². The van der Waals surface area contributed by atoms with Crippen molar-refractivity contribution in [2.45, 2.75) is 33.4 Å². The number of thiophene rings is 1. The van der Waals surface area contributed by atoms with Crippen LogP contribution < -0.4 is 5.73 Å². The highest BCUT2D eigenvalue weighted by atomic mass is 32.2. The minimum absolute atomic E-state index is 0.635. The van der Waals surface area contributed by atoms with Gasteiger partial charge >= 0.3 is 0 Å². The Morgan fingerprint density at radius 2 is 1.90 bits per heavy atom. The SMILES string of the molecule is NCc1ccc(Sc2cccc(SN3CCCC3)c2)s1. The predicted molar refractivity (Wildman–Crippen MR) is 89.4 cm³/mol. The summed E-state index contributed by atoms with van der Waals surface area (Å²) in [7, 11) is 0. The summed E-state index contributed by atoms with van der Waals surface area (Å²) in [5.41, 5.74) is 5.66. The molecule has 0 saturated carbocycles. The monoisotopic (exact) mass is 322 g/mol. The van der Waals surface area contributed by atoms with Crippen molar-refractivity contribution in [3.8, 4) is 0 Å². The molecule has 1 aliphatic heterocycles. The second-order valence-corrected chi connectivity index (χ2v) is 8.44. The molecule has 0 atom stereocenters. The van der Waals surface area contributed by atoms with Crippen LogP contribution in [-0.2, 0) is 6.54 Å². The fourth-order valence-electron chi connectivity index (χ4n) is 2.16. The second kappa shape index (κ2) is 7.00. The quantitative estimate of drug-likeness (QED) is 0.823. The van der Waals surface area contributed by atoms with Crippen molar-refractivity contribution in [2.75, 3.05) is 13.1 Å². The Bertz CT molecular complexity index is 562. The molecule has 2 N–H and O–H groups in total. The highest BCUT2D eigenvalue weighted by molar-refractivity contribution is 8.01. The van der Waals surface area contributed by atoms with Crippen LogP contribution in [0.15, 0.2) is 50.4 Å². The molecular weight excluding hydrogens is 304 g/mol. The highest BCUT2D eigenvalue weighted by Crippen LogP contribution is 2.36. The molecule has 1 aromatic heterocycles. The summed E-state index contributed by atoms with van der Waals surface area (Å²) in [6.45, 7) is 3.07. The number of nitrogens with two attached hydrogens (primary N) is 1. The van der Waals surface area contributed by atoms with Gasteiger partial charge in [-0.05, 0) is 55.1 Å². The van der Waals surface area contributed by atoms with Gasteiger partial charge in [0.2, 0.25) is 0 Å². The largest absolute Gasteiger partial charge is 0.326 e. The molecule has 0 spiro atoms. The van der Waals surface area contributed by atoms with Gasteiger partial charge in [-0.3, -0.25) is 0 Å². The molecule has 2 heterocycles. The lowest BCUT2D eigenvalue weighted by Gasteiger charge is -2.13. The molecule has 1 aliphatic rings. The highest BCUT2D eigenvalue weighted by Gasteiger charge is 2.13. The lowest BCUT2D eigenvalue weighted by Crippen LogP contribution is -2.08. The molecule has 5 heteroatoms. The summed E-state index contributed by atoms with van der Waals surface area (Å²) in [6, 6.07) is 13.1. The molecule has 1 fully saturated rings. The molecule has 20 heavy (non-hydrogen) atoms. The van der Waals surface area contributed by atoms with E-state index in [4.69, 9.17) is 5.73 Å². The van der Waals surface area contributed by atoms with Gasteiger partial charge in [-0.1, -0.05) is 17.8 Å². The van der Waals surface area contributed by atoms with Gasteiger partial charge in [0.25, 0.3) is 0 Å². The molecule has 0 unspecified atom stereocenters. The molecule has 0 radical (unpaired) electrons. The van der Waals surface area contributed by atoms with Crippen molar-refractivity contribution < 1.29 is 0 Å². The number of rotatable bonds is 5. The van der Waals surface area contributed by atoms with Crippen LogP contribution in [0.2, 0.25) is 0 Å². The minimum atomic E-state index is 0.635. The Labute approximate surface area is 132 Å². The van der Waals surface area contributed by atoms with E-state index in [0.717, 1.165) is 0 Å². The van der Waals surface area contributed by atoms with Crippen LogP contribution in [0, 0.1) is 0 Å². The first kappa shape index (κ1) is 14.5. The van der Waals surface area contributed by atoms with E-state index in [1.807, 2.05) is 23.7 Å². The van der Waals surface area contributed by atoms with E-state index in [9.17, 15) is 0 Å². The Kier molecular flexibility index (Phi) is 5.07. The van der Waals surface area contributed by atoms with Crippen molar-refractivity contribution in [1.29, 1.82) is 0 Å². The van der Waals surface area contributed by atoms with E-state index in [0.29, 0.717) is 6.54 Å². The molecule has 0 amide bonds. The van der Waals surface area contributed by atoms with Gasteiger partial charge in [-0.25, -0.2) is 4.31 Å². The lowest BCUT2D eigenvalue weighted by atomic mass is 10.4. The fourth-order valence-corrected chi connectivity index (χ4v) is 5.39. The van der Waals surface area contributed by atoms with E-state index in [2.05, 4.69) is 40.7 Å². The molecule has 0 bridgehead atoms. The van der Waals surface area contributed by atoms with Crippen LogP contribution in [0.25, 0.3) is 0 Å². The van der Waals surface area contributed by atoms with Crippen molar-refractivity contribution in [3.63, 3.8) is 0 Å². The normalized spacial score (nSPS) is 15.8. The summed E-state index contributed by atoms with van der Waals surface area (Å²) in [5, 5.41) is 0. The van der Waals surface area contributed by atoms with Crippen LogP contribution >= 0.6 is 35.0 Å². The standard InChI is InChI=1S/C15H18N2S3/c16-11-14-6-7-15(19-14)18-12-4-3-5-13(10-12)20-17-8-1-2-9-17/h3-7,10H,1-2,8-9,11,16H2. The van der Waals surface area contributed by atoms with E-state index < -0.39 is 0 Å². The summed E-state index contributed by atoms with van der Waals surface area (Å²) in [6.07, 6.45) is 2.66. The third kappa shape index (κ3) is 3.80. The van der Waals surface area contributed by atoms with Crippen molar-refractivity contribution in [3.05, 3.63) is 41.3 Å². The molecule has 3 rings (SSSR count). The summed E-state index contributed by atoms with van der Waals surface area (Å²) in [4.78, 5) is 3.89. The maximum absolute atomic E-state index is 5.66. The van der Waals surface area contributed by atoms with Gasteiger partial charge in [0, 0.05) is 34.3 Å². The predicted octanol–water partition coefficient (Wildman–Crippen LogP) is 4.46. The van der Waals surface area contributed by atoms with Crippen LogP contribution in [0.4, 0.5) is 0 Å². The van der Waals surface area contributed by atoms with Crippen LogP contribution in [0.5, 0.6) is 0 Å². The number of hydrogen-bond donors (Lipinski definition) is 1. The summed E-state index contributed by atoms with van der Waals surface area (Å²) < 4.78 is 3.77. The van der Waals surface area contributed by atoms with Gasteiger partial charge in [0.1, 0.15) is 0 Å². The molecule has 0 aliphatic carbocycles. The Morgan fingerprint density at radius 3 is 2.65 bits per heavy atom. The first-order valence-corrected chi connectivity index (χ1v) is 9.24. The smallest absolute Gasteiger partial charge is 0.0649 e. The van der Waals surface area contributed by atoms with Crippen LogP contribution in [0.1, 0.15) is 17.7 Å². The van der Waals surface area contributed by atoms with E-state index in [1.54, 1.807) is 11.3 Å². The Hall–Kier alpha value is -0.460. The zero-order valence-corrected chi connectivity index (χ0v) is 13.7. The molecule has 106 valence electrons. The Balaban J connectivity index is 1.67. The maximum Gasteiger partial charge on any atom is 0.0649 e. The molecule has 2 nitrogen and oxygen atoms in total. The van der Waals surface area contributed by atoms with E-state index in [1.165, 1.54) is 44.8 Å². The zero-order chi connectivity index (χ0) is 13.8. The number of nitrogens with zero attached hydrogens (tertiary/aromatic N) is 1. The minimum Gasteiger partial charge on any atom is -0.326 e. The third-order valence-corrected chi connectivity index (χ3v) is 6.48. The topological polar surface area (TPSA) is 29.3 Å². The molecular formula is C15H18N2S3. The summed E-state index contributed by atoms with van der Waals surface area (Å²) >= 11 is 5.50. The summed E-state index contributed by atoms with van der Waals surface area (Å²) in [5.74, 6) is 0. The number of hydrogen-bond acceptors (Lipinski definition) is 5. The van der Waals surface area contributed by atoms with Crippen LogP contribution in [-0.4, -0.2) is 17.4 Å². The zero-order valence-electron chi connectivity index (χ0n) is 11.2. The lowest BCUT2D eigenvalue weighted by molar-refractivity contribution is 0.586. The van der Waals surface area contributed by atoms with Gasteiger partial charge in [0.05, 0.1) is 4.21 Å². The van der Waals surface area contributed by atoms with Gasteiger partial charge in [-0.2, -0.15) is 0 Å². The average Bonchev–Trinajstić information content (AvgIpc) is 3.11. The van der Waals surface area contributed by atoms with Gasteiger partial charge in [-0.15, -0.1) is 11.3 Å². The Morgan fingerprint density at radius 1 is 1.10 bits per heavy atom. The first-order chi connectivity index (χ1) is 9.83. The van der Waals surface area contributed by atoms with Crippen molar-refractivity contribution in [2.24, 2.45) is 5.73 Å². The third-order valence-electron chi connectivity index (χ3n) is 3.16. The van der Waals surface area contributed by atoms with Crippen molar-refractivity contribution >= 4 is 35.0 Å². The molecule has 1 aromatic carbocycles. The first-order valence-electron chi connectivity index (χ1n) is 6.83.